The number of allylic oxidation sites excluding steroid dienone is 2. The first-order valence-corrected chi connectivity index (χ1v) is 10.1. The number of aromatic hydroxyl groups is 2. The molecule has 0 spiro atoms. The van der Waals surface area contributed by atoms with Crippen molar-refractivity contribution in [1.82, 2.24) is 9.47 Å². The van der Waals surface area contributed by atoms with Gasteiger partial charge in [-0.1, -0.05) is 24.3 Å². The second kappa shape index (κ2) is 8.19. The molecule has 1 saturated heterocycles. The average Bonchev–Trinajstić information content (AvgIpc) is 2.98. The van der Waals surface area contributed by atoms with Crippen molar-refractivity contribution in [2.45, 2.75) is 26.3 Å². The van der Waals surface area contributed by atoms with Crippen molar-refractivity contribution in [2.75, 3.05) is 44.2 Å². The molecule has 0 radical (unpaired) electrons. The Morgan fingerprint density at radius 2 is 1.54 bits per heavy atom. The van der Waals surface area contributed by atoms with E-state index in [2.05, 4.69) is 21.9 Å². The lowest BCUT2D eigenvalue weighted by Gasteiger charge is -2.36. The number of fused-ring (bicyclic) bond motifs is 1. The van der Waals surface area contributed by atoms with E-state index < -0.39 is 0 Å². The molecule has 2 N–H and O–H groups in total. The van der Waals surface area contributed by atoms with Gasteiger partial charge < -0.3 is 19.8 Å². The highest BCUT2D eigenvalue weighted by atomic mass is 16.5. The summed E-state index contributed by atoms with van der Waals surface area (Å²) in [6.45, 7) is 7.86. The molecule has 2 aromatic rings. The number of aromatic nitrogens is 1. The maximum Gasteiger partial charge on any atom is 0.197 e. The third-order valence-electron chi connectivity index (χ3n) is 5.74. The van der Waals surface area contributed by atoms with Crippen molar-refractivity contribution in [3.05, 3.63) is 47.5 Å². The molecule has 4 rings (SSSR count). The summed E-state index contributed by atoms with van der Waals surface area (Å²) in [5.41, 5.74) is 2.90. The highest BCUT2D eigenvalue weighted by Gasteiger charge is 2.24. The summed E-state index contributed by atoms with van der Waals surface area (Å²) in [4.78, 5) is 4.76. The maximum absolute atomic E-state index is 10.5. The molecule has 1 aromatic heterocycles. The molecule has 1 aliphatic heterocycles. The summed E-state index contributed by atoms with van der Waals surface area (Å²) in [6, 6.07) is 8.21. The first-order chi connectivity index (χ1) is 13.7. The minimum absolute atomic E-state index is 0.223. The molecule has 0 amide bonds. The Morgan fingerprint density at radius 1 is 0.893 bits per heavy atom. The maximum atomic E-state index is 10.5. The number of anilines is 1. The summed E-state index contributed by atoms with van der Waals surface area (Å²) < 4.78 is 7.43. The van der Waals surface area contributed by atoms with Crippen LogP contribution in [0.3, 0.4) is 0 Å². The lowest BCUT2D eigenvalue weighted by atomic mass is 10.0. The second-order valence-electron chi connectivity index (χ2n) is 7.37. The van der Waals surface area contributed by atoms with Gasteiger partial charge in [0.15, 0.2) is 11.8 Å². The molecule has 0 saturated carbocycles. The molecule has 2 heterocycles. The quantitative estimate of drug-likeness (QED) is 0.751. The molecular formula is C22H29N3O3. The van der Waals surface area contributed by atoms with Gasteiger partial charge in [0, 0.05) is 50.4 Å². The van der Waals surface area contributed by atoms with E-state index in [4.69, 9.17) is 4.74 Å². The highest BCUT2D eigenvalue weighted by molar-refractivity contribution is 5.58. The topological polar surface area (TPSA) is 61.1 Å². The van der Waals surface area contributed by atoms with E-state index in [-0.39, 0.29) is 11.8 Å². The fourth-order valence-corrected chi connectivity index (χ4v) is 4.19. The van der Waals surface area contributed by atoms with Crippen LogP contribution in [-0.2, 0) is 19.4 Å². The first kappa shape index (κ1) is 18.7. The predicted octanol–water partition coefficient (Wildman–Crippen LogP) is 2.78. The monoisotopic (exact) mass is 383 g/mol. The van der Waals surface area contributed by atoms with Gasteiger partial charge in [-0.3, -0.25) is 9.47 Å². The molecule has 1 fully saturated rings. The number of ether oxygens (including phenoxy) is 1. The number of hydrogen-bond donors (Lipinski definition) is 2. The van der Waals surface area contributed by atoms with Gasteiger partial charge in [0.05, 0.1) is 12.3 Å². The Bertz CT molecular complexity index is 819. The van der Waals surface area contributed by atoms with Gasteiger partial charge in [-0.05, 0) is 31.9 Å². The Labute approximate surface area is 166 Å². The van der Waals surface area contributed by atoms with Crippen LogP contribution in [0.5, 0.6) is 17.5 Å². The summed E-state index contributed by atoms with van der Waals surface area (Å²) in [5.74, 6) is 1.39. The largest absolute Gasteiger partial charge is 0.494 e. The lowest BCUT2D eigenvalue weighted by molar-refractivity contribution is 0.237. The van der Waals surface area contributed by atoms with Crippen molar-refractivity contribution >= 4 is 5.69 Å². The predicted molar refractivity (Wildman–Crippen MR) is 111 cm³/mol. The van der Waals surface area contributed by atoms with Crippen molar-refractivity contribution < 1.29 is 14.9 Å². The molecule has 0 bridgehead atoms. The summed E-state index contributed by atoms with van der Waals surface area (Å²) in [5, 5.41) is 21.0. The van der Waals surface area contributed by atoms with E-state index in [1.54, 1.807) is 4.57 Å². The van der Waals surface area contributed by atoms with Crippen molar-refractivity contribution in [1.29, 1.82) is 0 Å². The van der Waals surface area contributed by atoms with Crippen LogP contribution in [-0.4, -0.2) is 59.0 Å². The molecule has 6 heteroatoms. The van der Waals surface area contributed by atoms with Crippen molar-refractivity contribution in [3.8, 4) is 17.5 Å². The SMILES string of the molecule is CCOc1ccccc1N1CCN(CCn2c(O)c3c(c2O)CC=CC3)CC1. The van der Waals surface area contributed by atoms with Gasteiger partial charge in [0.25, 0.3) is 0 Å². The van der Waals surface area contributed by atoms with Gasteiger partial charge in [-0.15, -0.1) is 0 Å². The van der Waals surface area contributed by atoms with Crippen LogP contribution in [0, 0.1) is 0 Å². The van der Waals surface area contributed by atoms with Gasteiger partial charge in [0.1, 0.15) is 5.75 Å². The van der Waals surface area contributed by atoms with E-state index in [0.717, 1.165) is 55.3 Å². The average molecular weight is 383 g/mol. The summed E-state index contributed by atoms with van der Waals surface area (Å²) in [6.07, 6.45) is 5.48. The normalized spacial score (nSPS) is 17.0. The number of para-hydroxylation sites is 2. The minimum atomic E-state index is 0.223. The van der Waals surface area contributed by atoms with Gasteiger partial charge in [-0.25, -0.2) is 0 Å². The molecule has 1 aliphatic carbocycles. The van der Waals surface area contributed by atoms with Crippen LogP contribution >= 0.6 is 0 Å². The smallest absolute Gasteiger partial charge is 0.197 e. The van der Waals surface area contributed by atoms with Crippen LogP contribution in [0.1, 0.15) is 18.1 Å². The third kappa shape index (κ3) is 3.56. The molecule has 1 aromatic carbocycles. The standard InChI is InChI=1S/C22H29N3O3/c1-2-28-20-10-6-5-9-19(20)24-14-11-23(12-15-24)13-16-25-21(26)17-7-3-4-8-18(17)22(25)27/h3-6,9-10,26-27H,2,7-8,11-16H2,1H3. The molecule has 28 heavy (non-hydrogen) atoms. The zero-order chi connectivity index (χ0) is 19.5. The second-order valence-corrected chi connectivity index (χ2v) is 7.37. The van der Waals surface area contributed by atoms with E-state index in [0.29, 0.717) is 26.0 Å². The fourth-order valence-electron chi connectivity index (χ4n) is 4.19. The van der Waals surface area contributed by atoms with E-state index in [9.17, 15) is 10.2 Å². The Hall–Kier alpha value is -2.60. The minimum Gasteiger partial charge on any atom is -0.494 e. The van der Waals surface area contributed by atoms with Gasteiger partial charge in [-0.2, -0.15) is 0 Å². The van der Waals surface area contributed by atoms with Crippen LogP contribution < -0.4 is 9.64 Å². The molecule has 0 atom stereocenters. The van der Waals surface area contributed by atoms with E-state index in [1.165, 1.54) is 0 Å². The molecule has 6 nitrogen and oxygen atoms in total. The van der Waals surface area contributed by atoms with Crippen molar-refractivity contribution in [2.24, 2.45) is 0 Å². The lowest BCUT2D eigenvalue weighted by Crippen LogP contribution is -2.47. The Kier molecular flexibility index (Phi) is 5.48. The Balaban J connectivity index is 1.35. The zero-order valence-corrected chi connectivity index (χ0v) is 16.5. The molecular weight excluding hydrogens is 354 g/mol. The number of piperazine rings is 1. The highest BCUT2D eigenvalue weighted by Crippen LogP contribution is 2.36. The van der Waals surface area contributed by atoms with E-state index in [1.807, 2.05) is 31.2 Å². The summed E-state index contributed by atoms with van der Waals surface area (Å²) in [7, 11) is 0. The first-order valence-electron chi connectivity index (χ1n) is 10.1. The van der Waals surface area contributed by atoms with Crippen LogP contribution in [0.2, 0.25) is 0 Å². The number of hydrogen-bond acceptors (Lipinski definition) is 5. The molecule has 150 valence electrons. The van der Waals surface area contributed by atoms with Crippen molar-refractivity contribution in [3.63, 3.8) is 0 Å². The van der Waals surface area contributed by atoms with Crippen LogP contribution in [0.15, 0.2) is 36.4 Å². The van der Waals surface area contributed by atoms with E-state index >= 15 is 0 Å². The third-order valence-corrected chi connectivity index (χ3v) is 5.74. The van der Waals surface area contributed by atoms with Gasteiger partial charge in [0.2, 0.25) is 0 Å². The zero-order valence-electron chi connectivity index (χ0n) is 16.5. The Morgan fingerprint density at radius 3 is 2.18 bits per heavy atom. The number of rotatable bonds is 6. The number of benzene rings is 1. The van der Waals surface area contributed by atoms with Crippen LogP contribution in [0.4, 0.5) is 5.69 Å². The van der Waals surface area contributed by atoms with Gasteiger partial charge >= 0.3 is 0 Å². The number of nitrogens with zero attached hydrogens (tertiary/aromatic N) is 3. The van der Waals surface area contributed by atoms with Crippen LogP contribution in [0.25, 0.3) is 0 Å². The molecule has 0 unspecified atom stereocenters. The summed E-state index contributed by atoms with van der Waals surface area (Å²) >= 11 is 0. The fraction of sp³-hybridized carbons (Fsp3) is 0.455. The molecule has 2 aliphatic rings.